The molecule has 0 aromatic carbocycles. The first kappa shape index (κ1) is 19.1. The van der Waals surface area contributed by atoms with Crippen molar-refractivity contribution in [3.05, 3.63) is 46.5 Å². The van der Waals surface area contributed by atoms with Crippen molar-refractivity contribution < 1.29 is 4.79 Å². The number of nitrogens with two attached hydrogens (primary N) is 1. The van der Waals surface area contributed by atoms with Crippen molar-refractivity contribution in [3.8, 4) is 0 Å². The fourth-order valence-electron chi connectivity index (χ4n) is 2.16. The normalized spacial score (nSPS) is 12.0. The molecule has 0 aliphatic rings. The zero-order valence-electron chi connectivity index (χ0n) is 13.6. The highest BCUT2D eigenvalue weighted by molar-refractivity contribution is 5.93. The van der Waals surface area contributed by atoms with E-state index >= 15 is 0 Å². The summed E-state index contributed by atoms with van der Waals surface area (Å²) in [4.78, 5) is 30.5. The highest BCUT2D eigenvalue weighted by Gasteiger charge is 2.18. The molecule has 7 heteroatoms. The number of amides is 1. The molecule has 0 radical (unpaired) electrons. The number of fused-ring (bicyclic) bond motifs is 1. The van der Waals surface area contributed by atoms with E-state index in [1.165, 1.54) is 15.5 Å². The minimum absolute atomic E-state index is 0. The lowest BCUT2D eigenvalue weighted by Crippen LogP contribution is -2.37. The molecule has 2 aromatic rings. The van der Waals surface area contributed by atoms with Crippen molar-refractivity contribution in [2.24, 2.45) is 11.7 Å². The van der Waals surface area contributed by atoms with Gasteiger partial charge in [0.25, 0.3) is 11.5 Å². The van der Waals surface area contributed by atoms with Gasteiger partial charge >= 0.3 is 0 Å². The third kappa shape index (κ3) is 4.30. The van der Waals surface area contributed by atoms with Gasteiger partial charge in [-0.2, -0.15) is 0 Å². The first-order chi connectivity index (χ1) is 10.4. The zero-order valence-corrected chi connectivity index (χ0v) is 14.4. The predicted molar refractivity (Wildman–Crippen MR) is 93.1 cm³/mol. The molecule has 0 fully saturated rings. The van der Waals surface area contributed by atoms with Gasteiger partial charge in [0.15, 0.2) is 0 Å². The molecule has 2 heterocycles. The highest BCUT2D eigenvalue weighted by Crippen LogP contribution is 2.06. The van der Waals surface area contributed by atoms with E-state index in [9.17, 15) is 9.59 Å². The molecule has 1 atom stereocenters. The van der Waals surface area contributed by atoms with E-state index < -0.39 is 0 Å². The van der Waals surface area contributed by atoms with Crippen LogP contribution in [0.2, 0.25) is 0 Å². The van der Waals surface area contributed by atoms with Gasteiger partial charge in [-0.05, 0) is 24.5 Å². The summed E-state index contributed by atoms with van der Waals surface area (Å²) in [6, 6.07) is 5.28. The summed E-state index contributed by atoms with van der Waals surface area (Å²) < 4.78 is 1.38. The molecule has 0 bridgehead atoms. The fourth-order valence-corrected chi connectivity index (χ4v) is 2.16. The van der Waals surface area contributed by atoms with Crippen molar-refractivity contribution in [1.29, 1.82) is 0 Å². The quantitative estimate of drug-likeness (QED) is 0.897. The number of hydrogen-bond acceptors (Lipinski definition) is 4. The van der Waals surface area contributed by atoms with Gasteiger partial charge in [-0.3, -0.25) is 14.0 Å². The molecule has 0 saturated heterocycles. The lowest BCUT2D eigenvalue weighted by atomic mass is 10.0. The molecule has 2 N–H and O–H groups in total. The van der Waals surface area contributed by atoms with E-state index in [0.29, 0.717) is 24.5 Å². The molecular weight excluding hydrogens is 316 g/mol. The second-order valence-electron chi connectivity index (χ2n) is 5.83. The maximum atomic E-state index is 12.4. The number of hydrogen-bond donors (Lipinski definition) is 1. The van der Waals surface area contributed by atoms with E-state index in [2.05, 4.69) is 4.98 Å². The Morgan fingerprint density at radius 3 is 2.74 bits per heavy atom. The van der Waals surface area contributed by atoms with Crippen molar-refractivity contribution in [3.63, 3.8) is 0 Å². The maximum absolute atomic E-state index is 12.4. The third-order valence-corrected chi connectivity index (χ3v) is 3.84. The first-order valence-corrected chi connectivity index (χ1v) is 7.39. The molecule has 0 aliphatic carbocycles. The lowest BCUT2D eigenvalue weighted by molar-refractivity contribution is 0.0787. The fraction of sp³-hybridized carbons (Fsp3) is 0.438. The molecule has 23 heavy (non-hydrogen) atoms. The predicted octanol–water partition coefficient (Wildman–Crippen LogP) is 1.56. The van der Waals surface area contributed by atoms with Crippen LogP contribution in [0.1, 0.15) is 30.6 Å². The topological polar surface area (TPSA) is 80.7 Å². The molecule has 126 valence electrons. The van der Waals surface area contributed by atoms with E-state index in [1.807, 2.05) is 13.8 Å². The Bertz CT molecular complexity index is 729. The summed E-state index contributed by atoms with van der Waals surface area (Å²) in [6.45, 7) is 4.60. The third-order valence-electron chi connectivity index (χ3n) is 3.84. The van der Waals surface area contributed by atoms with Gasteiger partial charge in [-0.15, -0.1) is 12.4 Å². The summed E-state index contributed by atoms with van der Waals surface area (Å²) >= 11 is 0. The number of pyridine rings is 1. The molecule has 2 aromatic heterocycles. The van der Waals surface area contributed by atoms with Gasteiger partial charge in [-0.25, -0.2) is 4.98 Å². The Labute approximate surface area is 141 Å². The van der Waals surface area contributed by atoms with Crippen molar-refractivity contribution in [2.75, 3.05) is 13.6 Å². The van der Waals surface area contributed by atoms with E-state index in [4.69, 9.17) is 5.73 Å². The van der Waals surface area contributed by atoms with Gasteiger partial charge in [0.1, 0.15) is 11.2 Å². The van der Waals surface area contributed by atoms with Gasteiger partial charge in [0, 0.05) is 32.0 Å². The number of carbonyl (C=O) groups is 1. The van der Waals surface area contributed by atoms with E-state index in [1.54, 1.807) is 31.4 Å². The minimum atomic E-state index is -0.351. The van der Waals surface area contributed by atoms with Crippen LogP contribution >= 0.6 is 12.4 Å². The van der Waals surface area contributed by atoms with Crippen LogP contribution in [-0.4, -0.2) is 39.8 Å². The van der Waals surface area contributed by atoms with Crippen molar-refractivity contribution in [2.45, 2.75) is 26.3 Å². The van der Waals surface area contributed by atoms with E-state index in [0.717, 1.165) is 0 Å². The SMILES string of the molecule is CC(C)C(N)CCN(C)C(=O)c1cnc2ccccn2c1=O.Cl. The Morgan fingerprint density at radius 2 is 2.09 bits per heavy atom. The molecule has 1 amide bonds. The van der Waals surface area contributed by atoms with Crippen LogP contribution in [0.5, 0.6) is 0 Å². The summed E-state index contributed by atoms with van der Waals surface area (Å²) in [6.07, 6.45) is 3.65. The second kappa shape index (κ2) is 8.08. The summed E-state index contributed by atoms with van der Waals surface area (Å²) in [7, 11) is 1.68. The average molecular weight is 339 g/mol. The number of rotatable bonds is 5. The Hall–Kier alpha value is -1.92. The van der Waals surface area contributed by atoms with Crippen molar-refractivity contribution in [1.82, 2.24) is 14.3 Å². The van der Waals surface area contributed by atoms with Gasteiger partial charge in [-0.1, -0.05) is 19.9 Å². The van der Waals surface area contributed by atoms with Crippen LogP contribution in [0, 0.1) is 5.92 Å². The summed E-state index contributed by atoms with van der Waals surface area (Å²) in [5.74, 6) is 0.0307. The number of carbonyl (C=O) groups excluding carboxylic acids is 1. The molecule has 6 nitrogen and oxygen atoms in total. The van der Waals surface area contributed by atoms with Crippen LogP contribution in [0.25, 0.3) is 5.65 Å². The van der Waals surface area contributed by atoms with Crippen LogP contribution < -0.4 is 11.3 Å². The monoisotopic (exact) mass is 338 g/mol. The first-order valence-electron chi connectivity index (χ1n) is 7.39. The Morgan fingerprint density at radius 1 is 1.39 bits per heavy atom. The minimum Gasteiger partial charge on any atom is -0.341 e. The number of halogens is 1. The summed E-state index contributed by atoms with van der Waals surface area (Å²) in [5.41, 5.74) is 6.24. The smallest absolute Gasteiger partial charge is 0.270 e. The highest BCUT2D eigenvalue weighted by atomic mass is 35.5. The Kier molecular flexibility index (Phi) is 6.72. The second-order valence-corrected chi connectivity index (χ2v) is 5.83. The zero-order chi connectivity index (χ0) is 16.3. The van der Waals surface area contributed by atoms with Crippen LogP contribution in [-0.2, 0) is 0 Å². The van der Waals surface area contributed by atoms with Crippen molar-refractivity contribution >= 4 is 24.0 Å². The molecule has 0 spiro atoms. The van der Waals surface area contributed by atoms with Crippen LogP contribution in [0.4, 0.5) is 0 Å². The molecule has 1 unspecified atom stereocenters. The van der Waals surface area contributed by atoms with Crippen LogP contribution in [0.15, 0.2) is 35.4 Å². The standard InChI is InChI=1S/C16H22N4O2.ClH/c1-11(2)13(17)7-9-19(3)15(21)12-10-18-14-6-4-5-8-20(14)16(12)22;/h4-6,8,10-11,13H,7,9,17H2,1-3H3;1H. The molecular formula is C16H23ClN4O2. The largest absolute Gasteiger partial charge is 0.341 e. The van der Waals surface area contributed by atoms with Gasteiger partial charge < -0.3 is 10.6 Å². The summed E-state index contributed by atoms with van der Waals surface area (Å²) in [5, 5.41) is 0. The Balaban J connectivity index is 0.00000264. The average Bonchev–Trinajstić information content (AvgIpc) is 2.52. The van der Waals surface area contributed by atoms with E-state index in [-0.39, 0.29) is 35.5 Å². The van der Waals surface area contributed by atoms with Gasteiger partial charge in [0.2, 0.25) is 0 Å². The maximum Gasteiger partial charge on any atom is 0.270 e. The van der Waals surface area contributed by atoms with Gasteiger partial charge in [0.05, 0.1) is 0 Å². The molecule has 2 rings (SSSR count). The lowest BCUT2D eigenvalue weighted by Gasteiger charge is -2.21. The number of aromatic nitrogens is 2. The van der Waals surface area contributed by atoms with Crippen LogP contribution in [0.3, 0.4) is 0 Å². The molecule has 0 saturated carbocycles. The molecule has 0 aliphatic heterocycles. The number of nitrogens with zero attached hydrogens (tertiary/aromatic N) is 3.